The fourth-order valence-electron chi connectivity index (χ4n) is 3.42. The molecule has 2 heterocycles. The maximum atomic E-state index is 12.9. The molecule has 0 saturated heterocycles. The Balaban J connectivity index is 1.27. The first-order chi connectivity index (χ1) is 17.1. The minimum atomic E-state index is -4.52. The highest BCUT2D eigenvalue weighted by molar-refractivity contribution is 7.92. The van der Waals surface area contributed by atoms with Gasteiger partial charge in [-0.25, -0.2) is 4.98 Å². The van der Waals surface area contributed by atoms with Gasteiger partial charge in [-0.15, -0.1) is 0 Å². The van der Waals surface area contributed by atoms with Crippen molar-refractivity contribution in [1.29, 1.82) is 0 Å². The van der Waals surface area contributed by atoms with Crippen LogP contribution in [0.1, 0.15) is 17.4 Å². The molecule has 0 aliphatic carbocycles. The number of aromatic amines is 1. The van der Waals surface area contributed by atoms with E-state index in [0.29, 0.717) is 17.9 Å². The van der Waals surface area contributed by atoms with Crippen LogP contribution in [0.4, 0.5) is 18.9 Å². The summed E-state index contributed by atoms with van der Waals surface area (Å²) in [7, 11) is -3.86. The summed E-state index contributed by atoms with van der Waals surface area (Å²) in [6, 6.07) is 15.1. The molecule has 0 amide bonds. The number of anilines is 1. The van der Waals surface area contributed by atoms with Crippen molar-refractivity contribution in [3.8, 4) is 5.75 Å². The molecule has 0 fully saturated rings. The van der Waals surface area contributed by atoms with Crippen molar-refractivity contribution in [2.45, 2.75) is 17.3 Å². The van der Waals surface area contributed by atoms with Gasteiger partial charge < -0.3 is 15.2 Å². The molecule has 2 aromatic carbocycles. The van der Waals surface area contributed by atoms with Crippen LogP contribution in [-0.4, -0.2) is 48.4 Å². The van der Waals surface area contributed by atoms with Gasteiger partial charge in [0.25, 0.3) is 10.0 Å². The zero-order valence-electron chi connectivity index (χ0n) is 18.7. The summed E-state index contributed by atoms with van der Waals surface area (Å²) >= 11 is 0. The molecule has 0 bridgehead atoms. The summed E-state index contributed by atoms with van der Waals surface area (Å²) in [5.41, 5.74) is 0.00660. The second-order valence-electron chi connectivity index (χ2n) is 7.74. The van der Waals surface area contributed by atoms with Gasteiger partial charge in [0, 0.05) is 36.4 Å². The Bertz CT molecular complexity index is 1430. The fraction of sp³-hybridized carbons (Fsp3) is 0.217. The Morgan fingerprint density at radius 3 is 2.67 bits per heavy atom. The summed E-state index contributed by atoms with van der Waals surface area (Å²) < 4.78 is 71.7. The number of aromatic nitrogens is 3. The van der Waals surface area contributed by atoms with E-state index in [1.807, 2.05) is 5.10 Å². The molecule has 2 aromatic heterocycles. The molecule has 4 rings (SSSR count). The number of fused-ring (bicyclic) bond motifs is 1. The highest BCUT2D eigenvalue weighted by atomic mass is 32.2. The van der Waals surface area contributed by atoms with Crippen LogP contribution < -0.4 is 14.8 Å². The number of nitrogens with zero attached hydrogens (tertiary/aromatic N) is 2. The highest BCUT2D eigenvalue weighted by Gasteiger charge is 2.35. The number of ether oxygens (including phenoxy) is 1. The number of sulfonamides is 1. The average Bonchev–Trinajstić information content (AvgIpc) is 3.28. The molecule has 190 valence electrons. The average molecular weight is 522 g/mol. The number of hydrogen-bond acceptors (Lipinski definition) is 7. The third kappa shape index (κ3) is 6.11. The molecule has 0 aliphatic rings. The van der Waals surface area contributed by atoms with E-state index in [0.717, 1.165) is 0 Å². The van der Waals surface area contributed by atoms with Crippen LogP contribution in [-0.2, 0) is 16.2 Å². The van der Waals surface area contributed by atoms with Gasteiger partial charge in [-0.05, 0) is 42.0 Å². The lowest BCUT2D eigenvalue weighted by Gasteiger charge is -2.14. The lowest BCUT2D eigenvalue weighted by molar-refractivity contribution is -0.139. The van der Waals surface area contributed by atoms with Crippen molar-refractivity contribution in [1.82, 2.24) is 20.5 Å². The predicted molar refractivity (Wildman–Crippen MR) is 126 cm³/mol. The molecule has 0 unspecified atom stereocenters. The molecule has 0 radical (unpaired) electrons. The first-order valence-corrected chi connectivity index (χ1v) is 12.2. The zero-order valence-corrected chi connectivity index (χ0v) is 19.5. The Kier molecular flexibility index (Phi) is 7.43. The van der Waals surface area contributed by atoms with Crippen LogP contribution in [0, 0.1) is 0 Å². The Morgan fingerprint density at radius 2 is 1.92 bits per heavy atom. The van der Waals surface area contributed by atoms with Gasteiger partial charge in [-0.2, -0.15) is 26.7 Å². The normalized spacial score (nSPS) is 13.0. The summed E-state index contributed by atoms with van der Waals surface area (Å²) in [6.45, 7) is 0.696. The van der Waals surface area contributed by atoms with Gasteiger partial charge in [0.15, 0.2) is 5.03 Å². The minimum absolute atomic E-state index is 0.0411. The summed E-state index contributed by atoms with van der Waals surface area (Å²) in [6.07, 6.45) is -4.07. The number of H-pyrrole nitrogens is 1. The van der Waals surface area contributed by atoms with Crippen molar-refractivity contribution >= 4 is 26.6 Å². The molecular formula is C23H22F3N5O4S. The quantitative estimate of drug-likeness (QED) is 0.235. The first-order valence-electron chi connectivity index (χ1n) is 10.7. The highest BCUT2D eigenvalue weighted by Crippen LogP contribution is 2.34. The number of aliphatic hydroxyl groups is 1. The predicted octanol–water partition coefficient (Wildman–Crippen LogP) is 3.48. The van der Waals surface area contributed by atoms with E-state index in [-0.39, 0.29) is 34.8 Å². The van der Waals surface area contributed by atoms with Crippen LogP contribution in [0.25, 0.3) is 10.9 Å². The van der Waals surface area contributed by atoms with Gasteiger partial charge in [0.05, 0.1) is 11.6 Å². The van der Waals surface area contributed by atoms with Gasteiger partial charge in [0.1, 0.15) is 18.1 Å². The van der Waals surface area contributed by atoms with Crippen molar-refractivity contribution in [3.05, 3.63) is 78.1 Å². The molecule has 0 aliphatic heterocycles. The summed E-state index contributed by atoms with van der Waals surface area (Å²) in [5, 5.41) is 19.0. The van der Waals surface area contributed by atoms with Gasteiger partial charge in [-0.1, -0.05) is 18.2 Å². The van der Waals surface area contributed by atoms with E-state index in [1.54, 1.807) is 30.3 Å². The molecule has 0 saturated carbocycles. The number of pyridine rings is 1. The Labute approximate surface area is 204 Å². The molecule has 36 heavy (non-hydrogen) atoms. The van der Waals surface area contributed by atoms with Gasteiger partial charge in [-0.3, -0.25) is 9.82 Å². The Morgan fingerprint density at radius 1 is 1.08 bits per heavy atom. The summed E-state index contributed by atoms with van der Waals surface area (Å²) in [5.74, 6) is 0.359. The third-order valence-corrected chi connectivity index (χ3v) is 6.43. The number of alkyl halides is 3. The first kappa shape index (κ1) is 25.4. The maximum Gasteiger partial charge on any atom is 0.433 e. The van der Waals surface area contributed by atoms with Crippen LogP contribution >= 0.6 is 0 Å². The Hall–Kier alpha value is -3.68. The number of benzene rings is 2. The molecule has 9 nitrogen and oxygen atoms in total. The topological polar surface area (TPSA) is 129 Å². The van der Waals surface area contributed by atoms with E-state index >= 15 is 0 Å². The lowest BCUT2D eigenvalue weighted by Crippen LogP contribution is -2.26. The standard InChI is InChI=1S/C23H22F3N5O4S/c24-23(25,26)22-18-8-7-17(13-19(18)29-30-22)35-11-10-27-14-20(32)15-4-3-5-16(12-15)31-36(33,34)21-6-1-2-9-28-21/h1-9,12-13,20,27,31-32H,10-11,14H2,(H,29,30)/t20-/m0/s1. The SMILES string of the molecule is O=S(=O)(Nc1cccc([C@@H](O)CNCCOc2ccc3c(C(F)(F)F)[nH]nc3c2)c1)c1ccccn1. The number of aliphatic hydroxyl groups excluding tert-OH is 1. The number of halogens is 3. The van der Waals surface area contributed by atoms with Crippen LogP contribution in [0.5, 0.6) is 5.75 Å². The van der Waals surface area contributed by atoms with Gasteiger partial charge in [0.2, 0.25) is 0 Å². The third-order valence-electron chi connectivity index (χ3n) is 5.13. The molecule has 4 N–H and O–H groups in total. The van der Waals surface area contributed by atoms with Crippen molar-refractivity contribution in [2.24, 2.45) is 0 Å². The van der Waals surface area contributed by atoms with Crippen LogP contribution in [0.2, 0.25) is 0 Å². The van der Waals surface area contributed by atoms with Crippen LogP contribution in [0.15, 0.2) is 71.9 Å². The maximum absolute atomic E-state index is 12.9. The van der Waals surface area contributed by atoms with Crippen molar-refractivity contribution in [2.75, 3.05) is 24.4 Å². The van der Waals surface area contributed by atoms with E-state index in [4.69, 9.17) is 4.74 Å². The monoisotopic (exact) mass is 521 g/mol. The molecule has 4 aromatic rings. The van der Waals surface area contributed by atoms with E-state index in [9.17, 15) is 26.7 Å². The smallest absolute Gasteiger partial charge is 0.433 e. The van der Waals surface area contributed by atoms with Gasteiger partial charge >= 0.3 is 6.18 Å². The molecular weight excluding hydrogens is 499 g/mol. The fourth-order valence-corrected chi connectivity index (χ4v) is 4.42. The summed E-state index contributed by atoms with van der Waals surface area (Å²) in [4.78, 5) is 3.84. The molecule has 13 heteroatoms. The van der Waals surface area contributed by atoms with E-state index < -0.39 is 28.0 Å². The van der Waals surface area contributed by atoms with E-state index in [2.05, 4.69) is 20.1 Å². The van der Waals surface area contributed by atoms with Crippen molar-refractivity contribution in [3.63, 3.8) is 0 Å². The van der Waals surface area contributed by atoms with Crippen LogP contribution in [0.3, 0.4) is 0 Å². The number of rotatable bonds is 10. The van der Waals surface area contributed by atoms with E-state index in [1.165, 1.54) is 36.5 Å². The van der Waals surface area contributed by atoms with Crippen molar-refractivity contribution < 1.29 is 31.4 Å². The second kappa shape index (κ2) is 10.5. The molecule has 0 spiro atoms. The second-order valence-corrected chi connectivity index (χ2v) is 9.37. The lowest BCUT2D eigenvalue weighted by atomic mass is 10.1. The minimum Gasteiger partial charge on any atom is -0.492 e. The zero-order chi connectivity index (χ0) is 25.8. The number of nitrogens with one attached hydrogen (secondary N) is 3. The largest absolute Gasteiger partial charge is 0.492 e. The number of hydrogen-bond donors (Lipinski definition) is 4. The molecule has 1 atom stereocenters.